The SMILES string of the molecule is CN(CCO)CC(O)COc1ccccc1. The highest BCUT2D eigenvalue weighted by atomic mass is 16.5. The van der Waals surface area contributed by atoms with Crippen molar-refractivity contribution in [2.45, 2.75) is 6.10 Å². The van der Waals surface area contributed by atoms with Crippen molar-refractivity contribution < 1.29 is 14.9 Å². The monoisotopic (exact) mass is 225 g/mol. The van der Waals surface area contributed by atoms with E-state index in [2.05, 4.69) is 0 Å². The van der Waals surface area contributed by atoms with E-state index in [0.717, 1.165) is 5.75 Å². The standard InChI is InChI=1S/C12H19NO3/c1-13(7-8-14)9-11(15)10-16-12-5-3-2-4-6-12/h2-6,11,14-15H,7-10H2,1H3. The number of benzene rings is 1. The van der Waals surface area contributed by atoms with E-state index in [0.29, 0.717) is 13.1 Å². The van der Waals surface area contributed by atoms with Crippen LogP contribution in [0.4, 0.5) is 0 Å². The van der Waals surface area contributed by atoms with Crippen LogP contribution < -0.4 is 4.74 Å². The first-order valence-corrected chi connectivity index (χ1v) is 5.37. The maximum atomic E-state index is 9.66. The molecule has 1 rings (SSSR count). The molecule has 0 spiro atoms. The van der Waals surface area contributed by atoms with Gasteiger partial charge < -0.3 is 19.8 Å². The summed E-state index contributed by atoms with van der Waals surface area (Å²) in [4.78, 5) is 1.86. The Morgan fingerprint density at radius 2 is 2.00 bits per heavy atom. The van der Waals surface area contributed by atoms with Crippen LogP contribution in [0.1, 0.15) is 0 Å². The molecular weight excluding hydrogens is 206 g/mol. The summed E-state index contributed by atoms with van der Waals surface area (Å²) < 4.78 is 5.41. The van der Waals surface area contributed by atoms with Gasteiger partial charge in [-0.2, -0.15) is 0 Å². The third-order valence-electron chi connectivity index (χ3n) is 2.19. The summed E-state index contributed by atoms with van der Waals surface area (Å²) in [6.45, 7) is 1.42. The highest BCUT2D eigenvalue weighted by Crippen LogP contribution is 2.08. The van der Waals surface area contributed by atoms with Crippen molar-refractivity contribution in [1.82, 2.24) is 4.90 Å². The number of para-hydroxylation sites is 1. The van der Waals surface area contributed by atoms with E-state index in [-0.39, 0.29) is 13.2 Å². The summed E-state index contributed by atoms with van der Waals surface area (Å²) in [5, 5.41) is 18.4. The van der Waals surface area contributed by atoms with Gasteiger partial charge in [-0.05, 0) is 19.2 Å². The minimum Gasteiger partial charge on any atom is -0.491 e. The minimum atomic E-state index is -0.545. The zero-order valence-electron chi connectivity index (χ0n) is 9.54. The number of aliphatic hydroxyl groups excluding tert-OH is 2. The topological polar surface area (TPSA) is 52.9 Å². The van der Waals surface area contributed by atoms with Gasteiger partial charge in [0.25, 0.3) is 0 Å². The molecule has 0 radical (unpaired) electrons. The average Bonchev–Trinajstić information content (AvgIpc) is 2.28. The van der Waals surface area contributed by atoms with E-state index in [1.807, 2.05) is 42.3 Å². The quantitative estimate of drug-likeness (QED) is 0.703. The lowest BCUT2D eigenvalue weighted by Gasteiger charge is -2.19. The molecule has 0 amide bonds. The second-order valence-corrected chi connectivity index (χ2v) is 3.76. The van der Waals surface area contributed by atoms with Crippen LogP contribution in [0.5, 0.6) is 5.75 Å². The van der Waals surface area contributed by atoms with Gasteiger partial charge >= 0.3 is 0 Å². The Kier molecular flexibility index (Phi) is 5.85. The van der Waals surface area contributed by atoms with Crippen LogP contribution >= 0.6 is 0 Å². The van der Waals surface area contributed by atoms with Crippen molar-refractivity contribution in [3.63, 3.8) is 0 Å². The maximum absolute atomic E-state index is 9.66. The Bertz CT molecular complexity index is 279. The molecule has 1 aromatic carbocycles. The fraction of sp³-hybridized carbons (Fsp3) is 0.500. The molecule has 1 aromatic rings. The predicted octanol–water partition coefficient (Wildman–Crippen LogP) is 0.350. The molecule has 0 aliphatic carbocycles. The van der Waals surface area contributed by atoms with E-state index in [4.69, 9.17) is 9.84 Å². The molecular formula is C12H19NO3. The van der Waals surface area contributed by atoms with Crippen LogP contribution in [0.2, 0.25) is 0 Å². The van der Waals surface area contributed by atoms with Gasteiger partial charge in [-0.15, -0.1) is 0 Å². The molecule has 0 saturated carbocycles. The summed E-state index contributed by atoms with van der Waals surface area (Å²) >= 11 is 0. The molecule has 4 heteroatoms. The highest BCUT2D eigenvalue weighted by Gasteiger charge is 2.08. The lowest BCUT2D eigenvalue weighted by Crippen LogP contribution is -2.34. The molecule has 2 N–H and O–H groups in total. The van der Waals surface area contributed by atoms with Gasteiger partial charge in [0.2, 0.25) is 0 Å². The first-order chi connectivity index (χ1) is 7.72. The second-order valence-electron chi connectivity index (χ2n) is 3.76. The third kappa shape index (κ3) is 5.11. The third-order valence-corrected chi connectivity index (χ3v) is 2.19. The average molecular weight is 225 g/mol. The number of nitrogens with zero attached hydrogens (tertiary/aromatic N) is 1. The molecule has 0 heterocycles. The highest BCUT2D eigenvalue weighted by molar-refractivity contribution is 5.20. The van der Waals surface area contributed by atoms with E-state index >= 15 is 0 Å². The lowest BCUT2D eigenvalue weighted by molar-refractivity contribution is 0.0711. The zero-order chi connectivity index (χ0) is 11.8. The van der Waals surface area contributed by atoms with Crippen molar-refractivity contribution in [2.75, 3.05) is 33.4 Å². The van der Waals surface area contributed by atoms with Crippen molar-refractivity contribution >= 4 is 0 Å². The largest absolute Gasteiger partial charge is 0.491 e. The van der Waals surface area contributed by atoms with Crippen molar-refractivity contribution in [3.05, 3.63) is 30.3 Å². The molecule has 0 aliphatic rings. The summed E-state index contributed by atoms with van der Waals surface area (Å²) in [5.74, 6) is 0.756. The van der Waals surface area contributed by atoms with E-state index in [1.54, 1.807) is 0 Å². The zero-order valence-corrected chi connectivity index (χ0v) is 9.54. The molecule has 0 aliphatic heterocycles. The normalized spacial score (nSPS) is 12.8. The number of ether oxygens (including phenoxy) is 1. The molecule has 0 saturated heterocycles. The van der Waals surface area contributed by atoms with Gasteiger partial charge in [-0.25, -0.2) is 0 Å². The molecule has 16 heavy (non-hydrogen) atoms. The Labute approximate surface area is 96.1 Å². The number of hydrogen-bond acceptors (Lipinski definition) is 4. The summed E-state index contributed by atoms with van der Waals surface area (Å²) in [5.41, 5.74) is 0. The Morgan fingerprint density at radius 1 is 1.31 bits per heavy atom. The fourth-order valence-corrected chi connectivity index (χ4v) is 1.38. The number of rotatable bonds is 7. The van der Waals surface area contributed by atoms with Gasteiger partial charge in [0.05, 0.1) is 6.61 Å². The summed E-state index contributed by atoms with van der Waals surface area (Å²) in [6, 6.07) is 9.39. The molecule has 0 fully saturated rings. The number of hydrogen-bond donors (Lipinski definition) is 2. The van der Waals surface area contributed by atoms with Crippen LogP contribution in [-0.2, 0) is 0 Å². The lowest BCUT2D eigenvalue weighted by atomic mass is 10.3. The smallest absolute Gasteiger partial charge is 0.119 e. The van der Waals surface area contributed by atoms with Crippen LogP contribution in [0.3, 0.4) is 0 Å². The maximum Gasteiger partial charge on any atom is 0.119 e. The van der Waals surface area contributed by atoms with Crippen LogP contribution in [-0.4, -0.2) is 54.6 Å². The first kappa shape index (κ1) is 13.0. The van der Waals surface area contributed by atoms with E-state index < -0.39 is 6.10 Å². The van der Waals surface area contributed by atoms with Gasteiger partial charge in [0, 0.05) is 13.1 Å². The molecule has 4 nitrogen and oxygen atoms in total. The first-order valence-electron chi connectivity index (χ1n) is 5.37. The Balaban J connectivity index is 2.22. The molecule has 0 bridgehead atoms. The molecule has 1 atom stereocenters. The molecule has 1 unspecified atom stereocenters. The van der Waals surface area contributed by atoms with Crippen LogP contribution in [0.25, 0.3) is 0 Å². The number of aliphatic hydroxyl groups is 2. The Hall–Kier alpha value is -1.10. The molecule has 90 valence electrons. The van der Waals surface area contributed by atoms with Crippen molar-refractivity contribution in [1.29, 1.82) is 0 Å². The van der Waals surface area contributed by atoms with Gasteiger partial charge in [-0.1, -0.05) is 18.2 Å². The van der Waals surface area contributed by atoms with Crippen LogP contribution in [0.15, 0.2) is 30.3 Å². The van der Waals surface area contributed by atoms with E-state index in [9.17, 15) is 5.11 Å². The Morgan fingerprint density at radius 3 is 2.62 bits per heavy atom. The summed E-state index contributed by atoms with van der Waals surface area (Å²) in [7, 11) is 1.85. The predicted molar refractivity (Wildman–Crippen MR) is 62.5 cm³/mol. The molecule has 0 aromatic heterocycles. The minimum absolute atomic E-state index is 0.1000. The van der Waals surface area contributed by atoms with E-state index in [1.165, 1.54) is 0 Å². The van der Waals surface area contributed by atoms with Crippen molar-refractivity contribution in [2.24, 2.45) is 0 Å². The van der Waals surface area contributed by atoms with Gasteiger partial charge in [0.1, 0.15) is 18.5 Å². The van der Waals surface area contributed by atoms with Gasteiger partial charge in [0.15, 0.2) is 0 Å². The van der Waals surface area contributed by atoms with Gasteiger partial charge in [-0.3, -0.25) is 0 Å². The fourth-order valence-electron chi connectivity index (χ4n) is 1.38. The van der Waals surface area contributed by atoms with Crippen molar-refractivity contribution in [3.8, 4) is 5.75 Å². The number of likely N-dealkylation sites (N-methyl/N-ethyl adjacent to an activating group) is 1. The second kappa shape index (κ2) is 7.22. The van der Waals surface area contributed by atoms with Crippen LogP contribution in [0, 0.1) is 0 Å². The summed E-state index contributed by atoms with van der Waals surface area (Å²) in [6.07, 6.45) is -0.545.